The molecule has 0 aromatic heterocycles. The van der Waals surface area contributed by atoms with E-state index < -0.39 is 23.0 Å². The molecule has 1 N–H and O–H groups in total. The summed E-state index contributed by atoms with van der Waals surface area (Å²) in [7, 11) is -5.62. The van der Waals surface area contributed by atoms with Gasteiger partial charge in [-0.05, 0) is 56.0 Å². The third-order valence-electron chi connectivity index (χ3n) is 6.80. The van der Waals surface area contributed by atoms with Gasteiger partial charge in [0, 0.05) is 16.9 Å². The molecule has 0 saturated heterocycles. The lowest BCUT2D eigenvalue weighted by molar-refractivity contribution is 0.229. The van der Waals surface area contributed by atoms with Crippen molar-refractivity contribution in [2.75, 3.05) is 26.1 Å². The van der Waals surface area contributed by atoms with E-state index in [-0.39, 0.29) is 29.9 Å². The maximum atomic E-state index is 14.0. The van der Waals surface area contributed by atoms with Crippen molar-refractivity contribution in [3.63, 3.8) is 0 Å². The van der Waals surface area contributed by atoms with E-state index in [2.05, 4.69) is 12.2 Å². The normalized spacial score (nSPS) is 21.5. The van der Waals surface area contributed by atoms with Gasteiger partial charge in [0.25, 0.3) is 0 Å². The Balaban J connectivity index is 2.23. The summed E-state index contributed by atoms with van der Waals surface area (Å²) in [6, 6.07) is 13.0. The highest BCUT2D eigenvalue weighted by Gasteiger charge is 2.42. The molecule has 37 heavy (non-hydrogen) atoms. The molecular formula is C28H40NO6PS. The molecule has 0 spiro atoms. The number of methoxy groups -OCH3 is 1. The number of unbranched alkanes of at least 4 members (excludes halogenated alkanes) is 1. The number of hydrogen-bond donors (Lipinski definition) is 1. The van der Waals surface area contributed by atoms with Crippen molar-refractivity contribution in [2.45, 2.75) is 69.9 Å². The van der Waals surface area contributed by atoms with E-state index in [1.54, 1.807) is 32.1 Å². The highest BCUT2D eigenvalue weighted by atomic mass is 32.2. The molecule has 1 aliphatic heterocycles. The van der Waals surface area contributed by atoms with Crippen LogP contribution >= 0.6 is 7.60 Å². The zero-order valence-electron chi connectivity index (χ0n) is 22.5. The Labute approximate surface area is 222 Å². The molecular weight excluding hydrogens is 509 g/mol. The summed E-state index contributed by atoms with van der Waals surface area (Å²) in [5, 5.41) is 3.77. The Morgan fingerprint density at radius 1 is 1.08 bits per heavy atom. The van der Waals surface area contributed by atoms with Crippen LogP contribution < -0.4 is 10.1 Å². The van der Waals surface area contributed by atoms with Crippen LogP contribution in [-0.4, -0.2) is 40.0 Å². The molecule has 0 unspecified atom stereocenters. The Morgan fingerprint density at radius 2 is 1.76 bits per heavy atom. The fourth-order valence-electron chi connectivity index (χ4n) is 4.86. The van der Waals surface area contributed by atoms with E-state index in [4.69, 9.17) is 13.8 Å². The van der Waals surface area contributed by atoms with Crippen LogP contribution in [0.2, 0.25) is 0 Å². The minimum absolute atomic E-state index is 0.00129. The molecule has 204 valence electrons. The summed E-state index contributed by atoms with van der Waals surface area (Å²) in [6.45, 7) is 8.08. The Kier molecular flexibility index (Phi) is 10.2. The molecule has 2 atom stereocenters. The van der Waals surface area contributed by atoms with E-state index in [0.29, 0.717) is 23.3 Å². The molecule has 1 aliphatic rings. The fraction of sp³-hybridized carbons (Fsp3) is 0.500. The van der Waals surface area contributed by atoms with Crippen LogP contribution in [0.1, 0.15) is 76.1 Å². The smallest absolute Gasteiger partial charge is 0.354 e. The van der Waals surface area contributed by atoms with E-state index in [1.807, 2.05) is 37.3 Å². The predicted molar refractivity (Wildman–Crippen MR) is 149 cm³/mol. The standard InChI is InChI=1S/C28H40NO6PS/c1-6-10-17-28(7-2)21-37(31,32)26-19-23(16-18-36(30,34-8-3)35-9-4)25(33-5)20-24(26)27(29-28)22-14-12-11-13-15-22/h11-16,18-20,27,29H,6-10,17,21H2,1-5H3/t27-,28-/m1/s1. The summed E-state index contributed by atoms with van der Waals surface area (Å²) >= 11 is 0. The van der Waals surface area contributed by atoms with Crippen LogP contribution in [0.25, 0.3) is 6.08 Å². The molecule has 3 rings (SSSR count). The van der Waals surface area contributed by atoms with Crippen LogP contribution in [0.5, 0.6) is 5.75 Å². The Bertz CT molecular complexity index is 1220. The van der Waals surface area contributed by atoms with E-state index in [9.17, 15) is 13.0 Å². The van der Waals surface area contributed by atoms with Gasteiger partial charge in [-0.3, -0.25) is 9.88 Å². The summed E-state index contributed by atoms with van der Waals surface area (Å²) in [5.74, 6) is 1.85. The summed E-state index contributed by atoms with van der Waals surface area (Å²) in [5.41, 5.74) is 1.55. The van der Waals surface area contributed by atoms with Crippen LogP contribution in [0, 0.1) is 0 Å². The van der Waals surface area contributed by atoms with Crippen LogP contribution in [0.15, 0.2) is 53.2 Å². The molecule has 1 heterocycles. The first-order chi connectivity index (χ1) is 17.7. The van der Waals surface area contributed by atoms with E-state index in [1.165, 1.54) is 12.9 Å². The van der Waals surface area contributed by atoms with Crippen molar-refractivity contribution < 1.29 is 26.8 Å². The zero-order chi connectivity index (χ0) is 27.1. The molecule has 0 aliphatic carbocycles. The number of rotatable bonds is 12. The summed E-state index contributed by atoms with van der Waals surface area (Å²) in [4.78, 5) is 0.253. The molecule has 9 heteroatoms. The summed E-state index contributed by atoms with van der Waals surface area (Å²) < 4.78 is 57.4. The summed E-state index contributed by atoms with van der Waals surface area (Å²) in [6.07, 6.45) is 4.91. The number of sulfone groups is 1. The largest absolute Gasteiger partial charge is 0.496 e. The maximum Gasteiger partial charge on any atom is 0.354 e. The molecule has 0 amide bonds. The highest BCUT2D eigenvalue weighted by molar-refractivity contribution is 7.91. The molecule has 0 saturated carbocycles. The predicted octanol–water partition coefficient (Wildman–Crippen LogP) is 6.74. The Morgan fingerprint density at radius 3 is 2.32 bits per heavy atom. The average Bonchev–Trinajstić information content (AvgIpc) is 2.98. The number of ether oxygens (including phenoxy) is 1. The lowest BCUT2D eigenvalue weighted by Crippen LogP contribution is -2.50. The first kappa shape index (κ1) is 29.6. The van der Waals surface area contributed by atoms with E-state index >= 15 is 0 Å². The van der Waals surface area contributed by atoms with Gasteiger partial charge in [0.15, 0.2) is 9.84 Å². The number of hydrogen-bond acceptors (Lipinski definition) is 7. The second-order valence-corrected chi connectivity index (χ2v) is 13.2. The fourth-order valence-corrected chi connectivity index (χ4v) is 8.33. The first-order valence-electron chi connectivity index (χ1n) is 13.0. The van der Waals surface area contributed by atoms with Crippen molar-refractivity contribution >= 4 is 23.5 Å². The van der Waals surface area contributed by atoms with Crippen LogP contribution in [0.3, 0.4) is 0 Å². The van der Waals surface area contributed by atoms with Gasteiger partial charge >= 0.3 is 7.60 Å². The van der Waals surface area contributed by atoms with Crippen LogP contribution in [0.4, 0.5) is 0 Å². The monoisotopic (exact) mass is 549 g/mol. The Hall–Kier alpha value is -1.96. The third-order valence-corrected chi connectivity index (χ3v) is 10.5. The average molecular weight is 550 g/mol. The number of benzene rings is 2. The third kappa shape index (κ3) is 6.92. The van der Waals surface area contributed by atoms with E-state index in [0.717, 1.165) is 24.8 Å². The highest BCUT2D eigenvalue weighted by Crippen LogP contribution is 2.50. The van der Waals surface area contributed by atoms with Gasteiger partial charge in [-0.15, -0.1) is 0 Å². The SMILES string of the molecule is CCCC[C@]1(CC)CS(=O)(=O)c2cc(C=CP(=O)(OCC)OCC)c(OC)cc2[C@@H](c2ccccc2)N1. The van der Waals surface area contributed by atoms with Crippen molar-refractivity contribution in [3.05, 3.63) is 65.0 Å². The number of fused-ring (bicyclic) bond motifs is 1. The van der Waals surface area contributed by atoms with Gasteiger partial charge in [-0.1, -0.05) is 57.0 Å². The molecule has 0 fully saturated rings. The van der Waals surface area contributed by atoms with Gasteiger partial charge in [0.05, 0.1) is 37.0 Å². The van der Waals surface area contributed by atoms with Crippen molar-refractivity contribution in [1.82, 2.24) is 5.32 Å². The van der Waals surface area contributed by atoms with Crippen molar-refractivity contribution in [3.8, 4) is 5.75 Å². The molecule has 0 radical (unpaired) electrons. The quantitative estimate of drug-likeness (QED) is 0.293. The second-order valence-electron chi connectivity index (χ2n) is 9.31. The molecule has 7 nitrogen and oxygen atoms in total. The topological polar surface area (TPSA) is 90.9 Å². The molecule has 2 aromatic rings. The minimum atomic E-state index is -3.67. The van der Waals surface area contributed by atoms with Gasteiger partial charge in [-0.2, -0.15) is 0 Å². The van der Waals surface area contributed by atoms with Gasteiger partial charge in [0.2, 0.25) is 0 Å². The van der Waals surface area contributed by atoms with Gasteiger partial charge in [-0.25, -0.2) is 8.42 Å². The first-order valence-corrected chi connectivity index (χ1v) is 16.3. The van der Waals surface area contributed by atoms with Gasteiger partial charge < -0.3 is 13.8 Å². The second kappa shape index (κ2) is 12.7. The van der Waals surface area contributed by atoms with Crippen molar-refractivity contribution in [2.24, 2.45) is 0 Å². The molecule has 2 aromatic carbocycles. The zero-order valence-corrected chi connectivity index (χ0v) is 24.2. The van der Waals surface area contributed by atoms with Crippen molar-refractivity contribution in [1.29, 1.82) is 0 Å². The maximum absolute atomic E-state index is 14.0. The lowest BCUT2D eigenvalue weighted by Gasteiger charge is -2.36. The van der Waals surface area contributed by atoms with Gasteiger partial charge in [0.1, 0.15) is 5.75 Å². The molecule has 0 bridgehead atoms. The van der Waals surface area contributed by atoms with Crippen LogP contribution in [-0.2, 0) is 23.4 Å². The minimum Gasteiger partial charge on any atom is -0.496 e. The lowest BCUT2D eigenvalue weighted by atomic mass is 9.88. The number of nitrogens with one attached hydrogen (secondary N) is 1.